The van der Waals surface area contributed by atoms with Crippen LogP contribution >= 0.6 is 22.9 Å². The van der Waals surface area contributed by atoms with Gasteiger partial charge in [0.2, 0.25) is 11.2 Å². The minimum atomic E-state index is -4.58. The summed E-state index contributed by atoms with van der Waals surface area (Å²) < 4.78 is 42.5. The molecule has 0 aliphatic carbocycles. The molecule has 0 unspecified atom stereocenters. The van der Waals surface area contributed by atoms with Gasteiger partial charge in [0.15, 0.2) is 5.69 Å². The second-order valence-corrected chi connectivity index (χ2v) is 4.60. The molecule has 0 saturated carbocycles. The zero-order valence-electron chi connectivity index (χ0n) is 8.74. The van der Waals surface area contributed by atoms with Crippen LogP contribution in [0, 0.1) is 0 Å². The first-order valence-electron chi connectivity index (χ1n) is 4.72. The van der Waals surface area contributed by atoms with E-state index >= 15 is 0 Å². The Bertz CT molecular complexity index is 530. The van der Waals surface area contributed by atoms with Gasteiger partial charge in [-0.2, -0.15) is 18.2 Å². The average molecular weight is 295 g/mol. The van der Waals surface area contributed by atoms with Crippen molar-refractivity contribution in [3.05, 3.63) is 39.4 Å². The van der Waals surface area contributed by atoms with Gasteiger partial charge in [0.05, 0.1) is 0 Å². The molecule has 2 aromatic heterocycles. The molecule has 0 N–H and O–H groups in total. The molecule has 0 aromatic carbocycles. The van der Waals surface area contributed by atoms with Crippen LogP contribution in [0.2, 0.25) is 5.28 Å². The van der Waals surface area contributed by atoms with Crippen molar-refractivity contribution in [3.63, 3.8) is 0 Å². The highest BCUT2D eigenvalue weighted by atomic mass is 35.5. The van der Waals surface area contributed by atoms with Crippen molar-refractivity contribution in [1.82, 2.24) is 9.97 Å². The van der Waals surface area contributed by atoms with Gasteiger partial charge in [-0.05, 0) is 23.0 Å². The Morgan fingerprint density at radius 3 is 2.72 bits per heavy atom. The molecule has 0 aliphatic heterocycles. The average Bonchev–Trinajstić information content (AvgIpc) is 2.77. The lowest BCUT2D eigenvalue weighted by Crippen LogP contribution is -2.09. The van der Waals surface area contributed by atoms with Crippen LogP contribution in [0.1, 0.15) is 10.6 Å². The normalized spacial score (nSPS) is 11.6. The summed E-state index contributed by atoms with van der Waals surface area (Å²) in [5.74, 6) is -0.198. The molecule has 2 heterocycles. The molecule has 0 bridgehead atoms. The topological polar surface area (TPSA) is 35.0 Å². The van der Waals surface area contributed by atoms with Crippen LogP contribution < -0.4 is 4.74 Å². The summed E-state index contributed by atoms with van der Waals surface area (Å²) >= 11 is 6.85. The van der Waals surface area contributed by atoms with E-state index in [1.54, 1.807) is 6.07 Å². The van der Waals surface area contributed by atoms with E-state index in [4.69, 9.17) is 16.3 Å². The number of aromatic nitrogens is 2. The minimum absolute atomic E-state index is 0.141. The Hall–Kier alpha value is -1.34. The molecular weight excluding hydrogens is 289 g/mol. The summed E-state index contributed by atoms with van der Waals surface area (Å²) in [6, 6.07) is 4.34. The van der Waals surface area contributed by atoms with E-state index in [9.17, 15) is 13.2 Å². The Labute approximate surface area is 109 Å². The number of alkyl halides is 3. The molecule has 2 aromatic rings. The SMILES string of the molecule is FC(F)(F)c1cc(OCc2cccs2)nc(Cl)n1. The van der Waals surface area contributed by atoms with E-state index in [0.29, 0.717) is 0 Å². The molecular formula is C10H6ClF3N2OS. The fraction of sp³-hybridized carbons (Fsp3) is 0.200. The van der Waals surface area contributed by atoms with Gasteiger partial charge in [-0.1, -0.05) is 6.07 Å². The lowest BCUT2D eigenvalue weighted by atomic mass is 10.4. The maximum absolute atomic E-state index is 12.5. The summed E-state index contributed by atoms with van der Waals surface area (Å²) in [6.07, 6.45) is -4.58. The number of hydrogen-bond acceptors (Lipinski definition) is 4. The fourth-order valence-electron chi connectivity index (χ4n) is 1.16. The number of hydrogen-bond donors (Lipinski definition) is 0. The molecule has 0 radical (unpaired) electrons. The molecule has 0 amide bonds. The van der Waals surface area contributed by atoms with Gasteiger partial charge in [-0.15, -0.1) is 11.3 Å². The lowest BCUT2D eigenvalue weighted by Gasteiger charge is -2.08. The third-order valence-electron chi connectivity index (χ3n) is 1.91. The number of thiophene rings is 1. The van der Waals surface area contributed by atoms with Gasteiger partial charge < -0.3 is 4.74 Å². The van der Waals surface area contributed by atoms with E-state index < -0.39 is 17.2 Å². The molecule has 0 aliphatic rings. The molecule has 8 heteroatoms. The van der Waals surface area contributed by atoms with E-state index in [0.717, 1.165) is 10.9 Å². The van der Waals surface area contributed by atoms with Crippen molar-refractivity contribution >= 4 is 22.9 Å². The number of rotatable bonds is 3. The zero-order valence-corrected chi connectivity index (χ0v) is 10.3. The Kier molecular flexibility index (Phi) is 3.72. The predicted molar refractivity (Wildman–Crippen MR) is 60.7 cm³/mol. The quantitative estimate of drug-likeness (QED) is 0.808. The summed E-state index contributed by atoms with van der Waals surface area (Å²) in [5.41, 5.74) is -1.12. The zero-order chi connectivity index (χ0) is 13.2. The van der Waals surface area contributed by atoms with Gasteiger partial charge in [-0.25, -0.2) is 4.98 Å². The maximum atomic E-state index is 12.5. The smallest absolute Gasteiger partial charge is 0.433 e. The second kappa shape index (κ2) is 5.11. The van der Waals surface area contributed by atoms with Crippen LogP contribution in [0.15, 0.2) is 23.6 Å². The van der Waals surface area contributed by atoms with Crippen LogP contribution in [0.25, 0.3) is 0 Å². The first-order chi connectivity index (χ1) is 8.45. The van der Waals surface area contributed by atoms with Gasteiger partial charge in [0.1, 0.15) is 6.61 Å². The molecule has 0 atom stereocenters. The van der Waals surface area contributed by atoms with Crippen LogP contribution in [0.4, 0.5) is 13.2 Å². The molecule has 2 rings (SSSR count). The summed E-state index contributed by atoms with van der Waals surface area (Å²) in [6.45, 7) is 0.141. The maximum Gasteiger partial charge on any atom is 0.433 e. The van der Waals surface area contributed by atoms with Crippen LogP contribution in [-0.2, 0) is 12.8 Å². The van der Waals surface area contributed by atoms with Crippen LogP contribution in [0.3, 0.4) is 0 Å². The number of halogens is 4. The largest absolute Gasteiger partial charge is 0.472 e. The van der Waals surface area contributed by atoms with E-state index in [-0.39, 0.29) is 12.5 Å². The molecule has 0 spiro atoms. The lowest BCUT2D eigenvalue weighted by molar-refractivity contribution is -0.141. The van der Waals surface area contributed by atoms with Crippen molar-refractivity contribution in [2.75, 3.05) is 0 Å². The highest BCUT2D eigenvalue weighted by Crippen LogP contribution is 2.30. The molecule has 0 fully saturated rings. The summed E-state index contributed by atoms with van der Waals surface area (Å²) in [4.78, 5) is 7.56. The van der Waals surface area contributed by atoms with Crippen LogP contribution in [0.5, 0.6) is 5.88 Å². The molecule has 18 heavy (non-hydrogen) atoms. The fourth-order valence-corrected chi connectivity index (χ4v) is 1.95. The molecule has 3 nitrogen and oxygen atoms in total. The first-order valence-corrected chi connectivity index (χ1v) is 5.98. The van der Waals surface area contributed by atoms with Crippen molar-refractivity contribution in [1.29, 1.82) is 0 Å². The number of ether oxygens (including phenoxy) is 1. The van der Waals surface area contributed by atoms with Crippen molar-refractivity contribution in [3.8, 4) is 5.88 Å². The predicted octanol–water partition coefficient (Wildman–Crippen LogP) is 3.79. The monoisotopic (exact) mass is 294 g/mol. The van der Waals surface area contributed by atoms with Crippen molar-refractivity contribution in [2.24, 2.45) is 0 Å². The summed E-state index contributed by atoms with van der Waals surface area (Å²) in [7, 11) is 0. The van der Waals surface area contributed by atoms with Crippen molar-refractivity contribution in [2.45, 2.75) is 12.8 Å². The Morgan fingerprint density at radius 1 is 1.33 bits per heavy atom. The Morgan fingerprint density at radius 2 is 2.11 bits per heavy atom. The third-order valence-corrected chi connectivity index (χ3v) is 2.93. The Balaban J connectivity index is 2.15. The highest BCUT2D eigenvalue weighted by Gasteiger charge is 2.33. The van der Waals surface area contributed by atoms with Crippen molar-refractivity contribution < 1.29 is 17.9 Å². The van der Waals surface area contributed by atoms with Gasteiger partial charge in [0, 0.05) is 10.9 Å². The van der Waals surface area contributed by atoms with E-state index in [1.807, 2.05) is 11.4 Å². The summed E-state index contributed by atoms with van der Waals surface area (Å²) in [5, 5.41) is 1.35. The molecule has 0 saturated heterocycles. The van der Waals surface area contributed by atoms with E-state index in [1.165, 1.54) is 11.3 Å². The van der Waals surface area contributed by atoms with E-state index in [2.05, 4.69) is 9.97 Å². The van der Waals surface area contributed by atoms with Gasteiger partial charge in [-0.3, -0.25) is 0 Å². The highest BCUT2D eigenvalue weighted by molar-refractivity contribution is 7.09. The first kappa shape index (κ1) is 13.1. The minimum Gasteiger partial charge on any atom is -0.472 e. The molecule has 96 valence electrons. The van der Waals surface area contributed by atoms with Gasteiger partial charge in [0.25, 0.3) is 0 Å². The number of nitrogens with zero attached hydrogens (tertiary/aromatic N) is 2. The third kappa shape index (κ3) is 3.33. The van der Waals surface area contributed by atoms with Crippen LogP contribution in [-0.4, -0.2) is 9.97 Å². The second-order valence-electron chi connectivity index (χ2n) is 3.23. The standard InChI is InChI=1S/C10H6ClF3N2OS/c11-9-15-7(10(12,13)14)4-8(16-9)17-5-6-2-1-3-18-6/h1-4H,5H2. The van der Waals surface area contributed by atoms with Gasteiger partial charge >= 0.3 is 6.18 Å².